The molecule has 0 amide bonds. The van der Waals surface area contributed by atoms with E-state index in [0.29, 0.717) is 17.0 Å². The zero-order chi connectivity index (χ0) is 18.5. The van der Waals surface area contributed by atoms with Gasteiger partial charge in [0.05, 0.1) is 40.7 Å². The molecule has 0 radical (unpaired) electrons. The van der Waals surface area contributed by atoms with Crippen LogP contribution in [0.2, 0.25) is 0 Å². The van der Waals surface area contributed by atoms with Gasteiger partial charge in [0.15, 0.2) is 0 Å². The molecule has 1 aromatic heterocycles. The van der Waals surface area contributed by atoms with Crippen LogP contribution in [-0.2, 0) is 0 Å². The molecule has 132 valence electrons. The van der Waals surface area contributed by atoms with Crippen molar-refractivity contribution in [2.75, 3.05) is 0 Å². The van der Waals surface area contributed by atoms with E-state index in [-0.39, 0.29) is 17.3 Å². The van der Waals surface area contributed by atoms with Gasteiger partial charge in [0.25, 0.3) is 6.43 Å². The number of nitrogens with zero attached hydrogens (tertiary/aromatic N) is 4. The molecule has 0 bridgehead atoms. The summed E-state index contributed by atoms with van der Waals surface area (Å²) in [6.07, 6.45) is 4.84. The summed E-state index contributed by atoms with van der Waals surface area (Å²) >= 11 is 0. The lowest BCUT2D eigenvalue weighted by Gasteiger charge is -2.29. The Labute approximate surface area is 149 Å². The number of fused-ring (bicyclic) bond motifs is 1. The standard InChI is InChI=1S/C19H17F2N5/c20-19(21)18(23)14(10-24-13-8-12(9-13)4-3-7-22)17-11-25-15-5-1-2-6-16(15)26-17/h1-6,10-13,19H,8-9,23H2/b4-3+,18-14?,24-10?. The number of nitrogens with two attached hydrogens (primary N) is 1. The van der Waals surface area contributed by atoms with Crippen LogP contribution >= 0.6 is 0 Å². The van der Waals surface area contributed by atoms with E-state index in [2.05, 4.69) is 15.0 Å². The van der Waals surface area contributed by atoms with Gasteiger partial charge in [0, 0.05) is 17.9 Å². The van der Waals surface area contributed by atoms with E-state index in [1.807, 2.05) is 18.2 Å². The summed E-state index contributed by atoms with van der Waals surface area (Å²) in [6, 6.07) is 9.17. The molecule has 7 heteroatoms. The van der Waals surface area contributed by atoms with Gasteiger partial charge in [-0.25, -0.2) is 13.8 Å². The predicted octanol–water partition coefficient (Wildman–Crippen LogP) is 3.49. The van der Waals surface area contributed by atoms with Crippen molar-refractivity contribution in [3.05, 3.63) is 54.0 Å². The molecule has 2 N–H and O–H groups in total. The third-order valence-electron chi connectivity index (χ3n) is 4.28. The molecule has 5 nitrogen and oxygen atoms in total. The highest BCUT2D eigenvalue weighted by molar-refractivity contribution is 6.10. The number of halogens is 2. The summed E-state index contributed by atoms with van der Waals surface area (Å²) in [5.74, 6) is 0.303. The van der Waals surface area contributed by atoms with Crippen molar-refractivity contribution in [3.63, 3.8) is 0 Å². The normalized spacial score (nSPS) is 21.2. The summed E-state index contributed by atoms with van der Waals surface area (Å²) in [7, 11) is 0. The lowest BCUT2D eigenvalue weighted by Crippen LogP contribution is -2.25. The molecule has 1 aromatic carbocycles. The lowest BCUT2D eigenvalue weighted by molar-refractivity contribution is 0.189. The maximum atomic E-state index is 13.2. The first-order valence-corrected chi connectivity index (χ1v) is 8.18. The monoisotopic (exact) mass is 353 g/mol. The van der Waals surface area contributed by atoms with Crippen LogP contribution in [0.25, 0.3) is 16.6 Å². The number of para-hydroxylation sites is 2. The van der Waals surface area contributed by atoms with Gasteiger partial charge in [-0.1, -0.05) is 18.2 Å². The molecule has 0 aliphatic heterocycles. The largest absolute Gasteiger partial charge is 0.397 e. The number of hydrogen-bond donors (Lipinski definition) is 1. The number of alkyl halides is 2. The number of hydrogen-bond acceptors (Lipinski definition) is 5. The molecular formula is C19H17F2N5. The van der Waals surface area contributed by atoms with Gasteiger partial charge < -0.3 is 5.73 Å². The van der Waals surface area contributed by atoms with Gasteiger partial charge in [0.2, 0.25) is 0 Å². The third-order valence-corrected chi connectivity index (χ3v) is 4.28. The molecule has 1 fully saturated rings. The second-order valence-corrected chi connectivity index (χ2v) is 6.07. The van der Waals surface area contributed by atoms with E-state index in [9.17, 15) is 8.78 Å². The summed E-state index contributed by atoms with van der Waals surface area (Å²) in [5.41, 5.74) is 6.66. The second-order valence-electron chi connectivity index (χ2n) is 6.07. The lowest BCUT2D eigenvalue weighted by atomic mass is 9.80. The van der Waals surface area contributed by atoms with E-state index in [0.717, 1.165) is 12.8 Å². The fraction of sp³-hybridized carbons (Fsp3) is 0.263. The van der Waals surface area contributed by atoms with E-state index in [1.54, 1.807) is 18.2 Å². The molecule has 0 atom stereocenters. The SMILES string of the molecule is N#C/C=C/C1CC(N=CC(=C(N)C(F)F)c2cnc3ccccc3n2)C1. The topological polar surface area (TPSA) is 88.0 Å². The average Bonchev–Trinajstić information content (AvgIpc) is 2.62. The van der Waals surface area contributed by atoms with Crippen LogP contribution in [-0.4, -0.2) is 28.6 Å². The molecule has 0 unspecified atom stereocenters. The van der Waals surface area contributed by atoms with Crippen LogP contribution in [0.1, 0.15) is 18.5 Å². The summed E-state index contributed by atoms with van der Waals surface area (Å²) in [6.45, 7) is 0. The number of rotatable bonds is 5. The van der Waals surface area contributed by atoms with Crippen molar-refractivity contribution in [2.45, 2.75) is 25.3 Å². The van der Waals surface area contributed by atoms with Crippen LogP contribution in [0.15, 0.2) is 53.3 Å². The van der Waals surface area contributed by atoms with Crippen LogP contribution in [0.5, 0.6) is 0 Å². The second kappa shape index (κ2) is 7.83. The minimum Gasteiger partial charge on any atom is -0.397 e. The molecule has 1 saturated carbocycles. The van der Waals surface area contributed by atoms with Gasteiger partial charge >= 0.3 is 0 Å². The van der Waals surface area contributed by atoms with E-state index in [1.165, 1.54) is 18.5 Å². The van der Waals surface area contributed by atoms with Crippen molar-refractivity contribution >= 4 is 22.8 Å². The Hall–Kier alpha value is -3.14. The molecule has 1 aliphatic rings. The fourth-order valence-electron chi connectivity index (χ4n) is 2.76. The van der Waals surface area contributed by atoms with E-state index in [4.69, 9.17) is 11.0 Å². The summed E-state index contributed by atoms with van der Waals surface area (Å²) < 4.78 is 26.3. The Morgan fingerprint density at radius 3 is 2.73 bits per heavy atom. The zero-order valence-electron chi connectivity index (χ0n) is 13.9. The van der Waals surface area contributed by atoms with Crippen molar-refractivity contribution in [1.29, 1.82) is 5.26 Å². The highest BCUT2D eigenvalue weighted by Gasteiger charge is 2.26. The Morgan fingerprint density at radius 2 is 2.04 bits per heavy atom. The number of aliphatic imine (C=N–C) groups is 1. The average molecular weight is 353 g/mol. The first-order chi connectivity index (χ1) is 12.6. The highest BCUT2D eigenvalue weighted by atomic mass is 19.3. The van der Waals surface area contributed by atoms with Gasteiger partial charge in [-0.15, -0.1) is 0 Å². The van der Waals surface area contributed by atoms with Gasteiger partial charge in [-0.3, -0.25) is 9.98 Å². The van der Waals surface area contributed by atoms with Crippen molar-refractivity contribution in [3.8, 4) is 6.07 Å². The van der Waals surface area contributed by atoms with Gasteiger partial charge in [0.1, 0.15) is 0 Å². The van der Waals surface area contributed by atoms with Crippen LogP contribution in [0.3, 0.4) is 0 Å². The van der Waals surface area contributed by atoms with Gasteiger partial charge in [-0.2, -0.15) is 5.26 Å². The van der Waals surface area contributed by atoms with Crippen molar-refractivity contribution in [1.82, 2.24) is 9.97 Å². The molecule has 3 rings (SSSR count). The molecule has 26 heavy (non-hydrogen) atoms. The quantitative estimate of drug-likeness (QED) is 0.658. The Bertz CT molecular complexity index is 921. The number of benzene rings is 1. The summed E-state index contributed by atoms with van der Waals surface area (Å²) in [5, 5.41) is 8.52. The van der Waals surface area contributed by atoms with E-state index >= 15 is 0 Å². The molecular weight excluding hydrogens is 336 g/mol. The molecule has 1 aliphatic carbocycles. The highest BCUT2D eigenvalue weighted by Crippen LogP contribution is 2.31. The minimum atomic E-state index is -2.81. The maximum Gasteiger partial charge on any atom is 0.278 e. The van der Waals surface area contributed by atoms with Crippen molar-refractivity contribution < 1.29 is 8.78 Å². The van der Waals surface area contributed by atoms with Crippen molar-refractivity contribution in [2.24, 2.45) is 16.6 Å². The third kappa shape index (κ3) is 3.91. The Balaban J connectivity index is 1.85. The number of allylic oxidation sites excluding steroid dienone is 4. The molecule has 0 spiro atoms. The molecule has 1 heterocycles. The van der Waals surface area contributed by atoms with Crippen LogP contribution in [0.4, 0.5) is 8.78 Å². The molecule has 2 aromatic rings. The van der Waals surface area contributed by atoms with E-state index < -0.39 is 12.1 Å². The van der Waals surface area contributed by atoms with Crippen LogP contribution < -0.4 is 5.73 Å². The number of nitriles is 1. The first kappa shape index (κ1) is 17.7. The molecule has 0 saturated heterocycles. The minimum absolute atomic E-state index is 0.0252. The zero-order valence-corrected chi connectivity index (χ0v) is 13.9. The Morgan fingerprint density at radius 1 is 1.31 bits per heavy atom. The fourth-order valence-corrected chi connectivity index (χ4v) is 2.76. The van der Waals surface area contributed by atoms with Crippen LogP contribution in [0, 0.1) is 17.2 Å². The van der Waals surface area contributed by atoms with Gasteiger partial charge in [-0.05, 0) is 30.9 Å². The smallest absolute Gasteiger partial charge is 0.278 e. The first-order valence-electron chi connectivity index (χ1n) is 8.18. The Kier molecular flexibility index (Phi) is 5.32. The number of aromatic nitrogens is 2. The maximum absolute atomic E-state index is 13.2. The summed E-state index contributed by atoms with van der Waals surface area (Å²) in [4.78, 5) is 13.0. The predicted molar refractivity (Wildman–Crippen MR) is 96.4 cm³/mol.